The van der Waals surface area contributed by atoms with Gasteiger partial charge in [-0.1, -0.05) is 0 Å². The van der Waals surface area contributed by atoms with Crippen LogP contribution in [0.25, 0.3) is 0 Å². The third-order valence-corrected chi connectivity index (χ3v) is 7.36. The normalized spacial score (nSPS) is 24.5. The summed E-state index contributed by atoms with van der Waals surface area (Å²) in [7, 11) is -3.61. The Morgan fingerprint density at radius 3 is 2.20 bits per heavy atom. The first kappa shape index (κ1) is 22.7. The molecule has 2 aliphatic heterocycles. The van der Waals surface area contributed by atoms with Gasteiger partial charge in [-0.25, -0.2) is 8.42 Å². The number of amides is 2. The number of nitrogens with two attached hydrogens (primary N) is 1. The molecule has 0 bridgehead atoms. The number of piperidine rings is 1. The maximum atomic E-state index is 12.9. The third-order valence-electron chi connectivity index (χ3n) is 5.52. The number of morpholine rings is 1. The molecule has 3 N–H and O–H groups in total. The fourth-order valence-corrected chi connectivity index (χ4v) is 5.56. The molecule has 1 aromatic rings. The number of likely N-dealkylation sites (tertiary alicyclic amines) is 1. The van der Waals surface area contributed by atoms with Crippen LogP contribution in [-0.2, 0) is 24.3 Å². The Labute approximate surface area is 177 Å². The number of hydrogen-bond donors (Lipinski definition) is 2. The van der Waals surface area contributed by atoms with Crippen molar-refractivity contribution in [1.29, 1.82) is 0 Å². The van der Waals surface area contributed by atoms with Gasteiger partial charge in [0.15, 0.2) is 0 Å². The molecule has 9 nitrogen and oxygen atoms in total. The van der Waals surface area contributed by atoms with Gasteiger partial charge in [0.05, 0.1) is 23.6 Å². The summed E-state index contributed by atoms with van der Waals surface area (Å²) in [5.41, 5.74) is 5.87. The quantitative estimate of drug-likeness (QED) is 0.671. The lowest BCUT2D eigenvalue weighted by atomic mass is 9.96. The van der Waals surface area contributed by atoms with E-state index in [1.807, 2.05) is 18.7 Å². The summed E-state index contributed by atoms with van der Waals surface area (Å²) in [6, 6.07) is 6.21. The summed E-state index contributed by atoms with van der Waals surface area (Å²) >= 11 is 0. The van der Waals surface area contributed by atoms with Crippen molar-refractivity contribution in [2.75, 3.05) is 38.0 Å². The number of ether oxygens (including phenoxy) is 1. The number of primary amides is 1. The average molecular weight is 439 g/mol. The highest BCUT2D eigenvalue weighted by atomic mass is 32.2. The molecule has 30 heavy (non-hydrogen) atoms. The number of anilines is 1. The molecule has 166 valence electrons. The lowest BCUT2D eigenvalue weighted by Crippen LogP contribution is -2.48. The van der Waals surface area contributed by atoms with E-state index in [0.29, 0.717) is 44.7 Å². The highest BCUT2D eigenvalue weighted by molar-refractivity contribution is 7.89. The first-order valence-electron chi connectivity index (χ1n) is 10.2. The molecule has 2 unspecified atom stereocenters. The zero-order valence-electron chi connectivity index (χ0n) is 17.4. The smallest absolute Gasteiger partial charge is 0.243 e. The van der Waals surface area contributed by atoms with Gasteiger partial charge in [-0.2, -0.15) is 4.31 Å². The summed E-state index contributed by atoms with van der Waals surface area (Å²) in [5.74, 6) is -0.578. The number of carbonyl (C=O) groups excluding carboxylic acids is 2. The van der Waals surface area contributed by atoms with Gasteiger partial charge >= 0.3 is 0 Å². The van der Waals surface area contributed by atoms with Crippen LogP contribution in [0.15, 0.2) is 29.2 Å². The molecular weight excluding hydrogens is 408 g/mol. The van der Waals surface area contributed by atoms with Crippen molar-refractivity contribution >= 4 is 27.5 Å². The van der Waals surface area contributed by atoms with Crippen LogP contribution >= 0.6 is 0 Å². The predicted octanol–water partition coefficient (Wildman–Crippen LogP) is 0.620. The fourth-order valence-electron chi connectivity index (χ4n) is 3.97. The summed E-state index contributed by atoms with van der Waals surface area (Å²) in [5, 5.41) is 2.79. The number of benzene rings is 1. The Bertz CT molecular complexity index is 856. The van der Waals surface area contributed by atoms with Gasteiger partial charge in [0.25, 0.3) is 0 Å². The largest absolute Gasteiger partial charge is 0.373 e. The van der Waals surface area contributed by atoms with Gasteiger partial charge in [0.2, 0.25) is 21.8 Å². The van der Waals surface area contributed by atoms with Gasteiger partial charge in [0.1, 0.15) is 0 Å². The molecule has 0 radical (unpaired) electrons. The maximum absolute atomic E-state index is 12.9. The Kier molecular flexibility index (Phi) is 7.12. The zero-order valence-corrected chi connectivity index (χ0v) is 18.2. The Morgan fingerprint density at radius 2 is 1.67 bits per heavy atom. The molecule has 1 aromatic carbocycles. The van der Waals surface area contributed by atoms with E-state index in [1.54, 1.807) is 12.1 Å². The molecule has 0 spiro atoms. The standard InChI is InChI=1S/C20H30N4O5S/c1-14-11-24(12-15(2)29-14)30(27,28)18-5-3-17(4-6-18)22-19(25)13-23-9-7-16(8-10-23)20(21)26/h3-6,14-16H,7-13H2,1-2H3,(H2,21,26)(H,22,25). The topological polar surface area (TPSA) is 122 Å². The minimum atomic E-state index is -3.61. The molecule has 2 heterocycles. The van der Waals surface area contributed by atoms with Crippen LogP contribution in [0.4, 0.5) is 5.69 Å². The van der Waals surface area contributed by atoms with Gasteiger partial charge < -0.3 is 15.8 Å². The fraction of sp³-hybridized carbons (Fsp3) is 0.600. The van der Waals surface area contributed by atoms with Crippen molar-refractivity contribution in [2.24, 2.45) is 11.7 Å². The first-order chi connectivity index (χ1) is 14.1. The van der Waals surface area contributed by atoms with Gasteiger partial charge in [-0.05, 0) is 64.0 Å². The zero-order chi connectivity index (χ0) is 21.9. The number of nitrogens with one attached hydrogen (secondary N) is 1. The molecule has 3 rings (SSSR count). The van der Waals surface area contributed by atoms with E-state index in [2.05, 4.69) is 5.32 Å². The average Bonchev–Trinajstić information content (AvgIpc) is 2.68. The van der Waals surface area contributed by atoms with Crippen molar-refractivity contribution in [1.82, 2.24) is 9.21 Å². The molecule has 0 aliphatic carbocycles. The Morgan fingerprint density at radius 1 is 1.10 bits per heavy atom. The number of nitrogens with zero attached hydrogens (tertiary/aromatic N) is 2. The predicted molar refractivity (Wildman–Crippen MR) is 112 cm³/mol. The van der Waals surface area contributed by atoms with E-state index in [1.165, 1.54) is 16.4 Å². The van der Waals surface area contributed by atoms with Crippen LogP contribution in [0.3, 0.4) is 0 Å². The van der Waals surface area contributed by atoms with Crippen LogP contribution in [-0.4, -0.2) is 74.4 Å². The van der Waals surface area contributed by atoms with Crippen LogP contribution in [0.2, 0.25) is 0 Å². The van der Waals surface area contributed by atoms with Gasteiger partial charge in [-0.3, -0.25) is 14.5 Å². The number of carbonyl (C=O) groups is 2. The Hall–Kier alpha value is -2.01. The van der Waals surface area contributed by atoms with Gasteiger partial charge in [-0.15, -0.1) is 0 Å². The summed E-state index contributed by atoms with van der Waals surface area (Å²) < 4.78 is 32.8. The summed E-state index contributed by atoms with van der Waals surface area (Å²) in [6.07, 6.45) is 1.01. The minimum Gasteiger partial charge on any atom is -0.373 e. The van der Waals surface area contributed by atoms with Crippen LogP contribution in [0.5, 0.6) is 0 Å². The van der Waals surface area contributed by atoms with E-state index >= 15 is 0 Å². The molecule has 0 aromatic heterocycles. The molecule has 2 fully saturated rings. The van der Waals surface area contributed by atoms with E-state index in [-0.39, 0.29) is 41.4 Å². The second-order valence-electron chi connectivity index (χ2n) is 8.10. The number of rotatable bonds is 6. The van der Waals surface area contributed by atoms with Crippen LogP contribution in [0, 0.1) is 5.92 Å². The highest BCUT2D eigenvalue weighted by Gasteiger charge is 2.32. The number of hydrogen-bond acceptors (Lipinski definition) is 6. The molecule has 0 saturated carbocycles. The molecule has 10 heteroatoms. The van der Waals surface area contributed by atoms with E-state index in [0.717, 1.165) is 0 Å². The van der Waals surface area contributed by atoms with Gasteiger partial charge in [0, 0.05) is 24.7 Å². The Balaban J connectivity index is 1.55. The second kappa shape index (κ2) is 9.42. The molecule has 2 amide bonds. The molecule has 2 aliphatic rings. The number of sulfonamides is 1. The lowest BCUT2D eigenvalue weighted by Gasteiger charge is -2.34. The van der Waals surface area contributed by atoms with Crippen molar-refractivity contribution in [2.45, 2.75) is 43.8 Å². The minimum absolute atomic E-state index is 0.115. The molecular formula is C20H30N4O5S. The van der Waals surface area contributed by atoms with Crippen LogP contribution < -0.4 is 11.1 Å². The van der Waals surface area contributed by atoms with Crippen molar-refractivity contribution in [3.05, 3.63) is 24.3 Å². The van der Waals surface area contributed by atoms with Crippen LogP contribution in [0.1, 0.15) is 26.7 Å². The second-order valence-corrected chi connectivity index (χ2v) is 10.0. The highest BCUT2D eigenvalue weighted by Crippen LogP contribution is 2.23. The SMILES string of the molecule is CC1CN(S(=O)(=O)c2ccc(NC(=O)CN3CCC(C(N)=O)CC3)cc2)CC(C)O1. The monoisotopic (exact) mass is 438 g/mol. The summed E-state index contributed by atoms with van der Waals surface area (Å²) in [6.45, 7) is 5.86. The van der Waals surface area contributed by atoms with E-state index in [4.69, 9.17) is 10.5 Å². The molecule has 2 saturated heterocycles. The van der Waals surface area contributed by atoms with Crippen molar-refractivity contribution < 1.29 is 22.7 Å². The van der Waals surface area contributed by atoms with Crippen molar-refractivity contribution in [3.8, 4) is 0 Å². The van der Waals surface area contributed by atoms with Crippen molar-refractivity contribution in [3.63, 3.8) is 0 Å². The lowest BCUT2D eigenvalue weighted by molar-refractivity contribution is -0.123. The van der Waals surface area contributed by atoms with E-state index in [9.17, 15) is 18.0 Å². The van der Waals surface area contributed by atoms with E-state index < -0.39 is 10.0 Å². The molecule has 2 atom stereocenters. The summed E-state index contributed by atoms with van der Waals surface area (Å²) in [4.78, 5) is 25.7. The first-order valence-corrected chi connectivity index (χ1v) is 11.7. The third kappa shape index (κ3) is 5.57. The maximum Gasteiger partial charge on any atom is 0.243 e.